The molecule has 658 valence electrons. The number of carbonyl (C=O) groups is 14. The standard InChI is InChI=1S/C83H142N14O19/c1-28-30-34-54(13)71(116-60(19)99)70(75(104)87-62(29-2)82(111)114-42-41-89(21)59(18)98)95(27)81(110)68(53(11)12)93(25)79(108)65(45-51(7)8)92(24)78(107)64(44-50(5)6)91(23)77(106)58(17)86-72(101)56(15)85-73(102)63(43-49(3)4)90(22)80(109)67(52(9)10)88-74(103)69(94(26)76(105)57(16)84-20)55(14)46-113-48-66(100)96-37-39-97(40-38-96)83(112)115-47-61-35-32-31-33-36-61/h28,30-33,35-36,49-58,60,62-65,67-71,84,99H,29,34,37-48H2,1-27H3,(H,85,102)(H,86,101)(H,87,104)(H,88,103)/b30-28+/t54-,55-,56+,57+,58-,60?,62+,63+,64+,65+,67-,68+,69-,70+,71-/m1/s1. The van der Waals surface area contributed by atoms with Gasteiger partial charge in [-0.3, -0.25) is 57.5 Å². The molecule has 1 fully saturated rings. The quantitative estimate of drug-likeness (QED) is 0.0306. The van der Waals surface area contributed by atoms with Crippen LogP contribution in [0.15, 0.2) is 42.5 Å². The molecule has 0 aromatic heterocycles. The number of amides is 13. The molecule has 1 heterocycles. The Morgan fingerprint density at radius 1 is 0.517 bits per heavy atom. The Morgan fingerprint density at radius 2 is 1.00 bits per heavy atom. The first-order chi connectivity index (χ1) is 54.1. The summed E-state index contributed by atoms with van der Waals surface area (Å²) in [5.41, 5.74) is 0.840. The van der Waals surface area contributed by atoms with E-state index in [0.29, 0.717) is 6.42 Å². The Morgan fingerprint density at radius 3 is 1.50 bits per heavy atom. The minimum atomic E-state index is -1.52. The van der Waals surface area contributed by atoms with Gasteiger partial charge in [0.25, 0.3) is 0 Å². The number of ether oxygens (including phenoxy) is 4. The summed E-state index contributed by atoms with van der Waals surface area (Å²) in [6, 6.07) is -4.23. The van der Waals surface area contributed by atoms with Gasteiger partial charge < -0.3 is 94.7 Å². The summed E-state index contributed by atoms with van der Waals surface area (Å²) in [5.74, 6) is -11.3. The smallest absolute Gasteiger partial charge is 0.410 e. The summed E-state index contributed by atoms with van der Waals surface area (Å²) in [6.45, 7) is 32.5. The SMILES string of the molecule is C/C=C/C[C@@H](C)[C@@H](OC(C)O)[C@@H](C(=O)N[C@@H](CC)C(=O)OCCN(C)C(C)=O)N(C)C(=O)[C@H](C(C)C)N(C)C(=O)[C@H](CC(C)C)N(C)C(=O)[C@H](CC(C)C)N(C)C(=O)[C@@H](C)NC(=O)[C@H](C)NC(=O)[C@H](CC(C)C)N(C)C(=O)[C@H](NC(=O)[C@@H]([C@H](C)COCC(=O)N1CCN(C(=O)OCc2ccccc2)CC1)N(C)C(=O)[C@H](C)NC)C(C)C. The average Bonchev–Trinajstić information content (AvgIpc) is 0.674. The first kappa shape index (κ1) is 103. The number of likely N-dealkylation sites (N-methyl/N-ethyl adjacent to an activating group) is 8. The lowest BCUT2D eigenvalue weighted by molar-refractivity contribution is -0.175. The van der Waals surface area contributed by atoms with Crippen molar-refractivity contribution >= 4 is 82.9 Å². The van der Waals surface area contributed by atoms with E-state index < -0.39 is 174 Å². The van der Waals surface area contributed by atoms with Gasteiger partial charge >= 0.3 is 12.1 Å². The van der Waals surface area contributed by atoms with Gasteiger partial charge in [-0.15, -0.1) is 0 Å². The molecule has 6 N–H and O–H groups in total. The number of rotatable bonds is 47. The molecular formula is C83H142N14O19. The topological polar surface area (TPSA) is 385 Å². The van der Waals surface area contributed by atoms with E-state index in [9.17, 15) is 57.8 Å². The Bertz CT molecular complexity index is 3410. The number of allylic oxidation sites excluding steroid dienone is 2. The highest BCUT2D eigenvalue weighted by atomic mass is 16.6. The Labute approximate surface area is 689 Å². The minimum Gasteiger partial charge on any atom is -0.462 e. The number of hydrogen-bond acceptors (Lipinski definition) is 20. The number of nitrogens with one attached hydrogen (secondary N) is 5. The Balaban J connectivity index is 2.44. The van der Waals surface area contributed by atoms with Gasteiger partial charge in [0.2, 0.25) is 70.9 Å². The molecule has 116 heavy (non-hydrogen) atoms. The van der Waals surface area contributed by atoms with Crippen molar-refractivity contribution in [2.75, 3.05) is 109 Å². The first-order valence-corrected chi connectivity index (χ1v) is 40.8. The van der Waals surface area contributed by atoms with Gasteiger partial charge in [0.15, 0.2) is 6.29 Å². The fourth-order valence-electron chi connectivity index (χ4n) is 13.7. The van der Waals surface area contributed by atoms with E-state index in [1.54, 1.807) is 80.5 Å². The second kappa shape index (κ2) is 50.1. The van der Waals surface area contributed by atoms with Gasteiger partial charge in [0.1, 0.15) is 80.2 Å². The van der Waals surface area contributed by atoms with Crippen molar-refractivity contribution in [1.29, 1.82) is 0 Å². The van der Waals surface area contributed by atoms with Crippen LogP contribution in [0.1, 0.15) is 169 Å². The number of carbonyl (C=O) groups excluding carboxylic acids is 14. The van der Waals surface area contributed by atoms with Crippen molar-refractivity contribution in [2.45, 2.75) is 249 Å². The molecule has 1 aliphatic heterocycles. The predicted molar refractivity (Wildman–Crippen MR) is 439 cm³/mol. The average molecular weight is 1640 g/mol. The van der Waals surface area contributed by atoms with Crippen LogP contribution >= 0.6 is 0 Å². The van der Waals surface area contributed by atoms with Gasteiger partial charge in [0.05, 0.1) is 25.3 Å². The van der Waals surface area contributed by atoms with Crippen molar-refractivity contribution < 1.29 is 91.2 Å². The van der Waals surface area contributed by atoms with Crippen LogP contribution in [0.2, 0.25) is 0 Å². The van der Waals surface area contributed by atoms with Crippen molar-refractivity contribution in [3.8, 4) is 0 Å². The van der Waals surface area contributed by atoms with Gasteiger partial charge in [-0.25, -0.2) is 9.59 Å². The second-order valence-electron chi connectivity index (χ2n) is 32.9. The summed E-state index contributed by atoms with van der Waals surface area (Å²) < 4.78 is 22.9. The first-order valence-electron chi connectivity index (χ1n) is 40.8. The van der Waals surface area contributed by atoms with Crippen molar-refractivity contribution in [1.82, 2.24) is 70.7 Å². The fourth-order valence-corrected chi connectivity index (χ4v) is 13.7. The molecule has 0 spiro atoms. The summed E-state index contributed by atoms with van der Waals surface area (Å²) in [4.78, 5) is 211. The van der Waals surface area contributed by atoms with Crippen LogP contribution in [0.5, 0.6) is 0 Å². The molecule has 2 rings (SSSR count). The van der Waals surface area contributed by atoms with Gasteiger partial charge in [0, 0.05) is 88.4 Å². The molecule has 0 bridgehead atoms. The van der Waals surface area contributed by atoms with E-state index in [-0.39, 0.29) is 114 Å². The number of aliphatic hydroxyl groups excluding tert-OH is 1. The lowest BCUT2D eigenvalue weighted by Gasteiger charge is -2.42. The highest BCUT2D eigenvalue weighted by Gasteiger charge is 2.47. The number of piperazine rings is 1. The van der Waals surface area contributed by atoms with Crippen molar-refractivity contribution in [3.63, 3.8) is 0 Å². The van der Waals surface area contributed by atoms with Crippen LogP contribution in [0, 0.1) is 41.4 Å². The third-order valence-electron chi connectivity index (χ3n) is 21.1. The number of esters is 1. The van der Waals surface area contributed by atoms with Gasteiger partial charge in [-0.2, -0.15) is 0 Å². The molecule has 1 aromatic carbocycles. The summed E-state index contributed by atoms with van der Waals surface area (Å²) in [5, 5.41) is 24.6. The van der Waals surface area contributed by atoms with Crippen molar-refractivity contribution in [3.05, 3.63) is 48.0 Å². The van der Waals surface area contributed by atoms with E-state index in [4.69, 9.17) is 18.9 Å². The lowest BCUT2D eigenvalue weighted by Crippen LogP contribution is -2.63. The molecular weight excluding hydrogens is 1500 g/mol. The maximum atomic E-state index is 15.4. The summed E-state index contributed by atoms with van der Waals surface area (Å²) >= 11 is 0. The van der Waals surface area contributed by atoms with Crippen LogP contribution in [0.4, 0.5) is 4.79 Å². The largest absolute Gasteiger partial charge is 0.462 e. The Kier molecular flexibility index (Phi) is 44.6. The molecule has 0 aliphatic carbocycles. The third kappa shape index (κ3) is 31.6. The van der Waals surface area contributed by atoms with Crippen LogP contribution < -0.4 is 26.6 Å². The molecule has 0 saturated carbocycles. The summed E-state index contributed by atoms with van der Waals surface area (Å²) in [6.07, 6.45) is 1.23. The van der Waals surface area contributed by atoms with Crippen LogP contribution in [0.3, 0.4) is 0 Å². The highest BCUT2D eigenvalue weighted by Crippen LogP contribution is 2.28. The molecule has 1 saturated heterocycles. The lowest BCUT2D eigenvalue weighted by atomic mass is 9.91. The summed E-state index contributed by atoms with van der Waals surface area (Å²) in [7, 11) is 11.7. The zero-order valence-electron chi connectivity index (χ0n) is 74.3. The number of aliphatic hydroxyl groups is 1. The fraction of sp³-hybridized carbons (Fsp3) is 0.735. The molecule has 13 amide bonds. The monoisotopic (exact) mass is 1640 g/mol. The zero-order chi connectivity index (χ0) is 88.6. The van der Waals surface area contributed by atoms with Crippen LogP contribution in [-0.2, 0) is 87.9 Å². The third-order valence-corrected chi connectivity index (χ3v) is 21.1. The van der Waals surface area contributed by atoms with E-state index in [1.165, 1.54) is 104 Å². The molecule has 1 aromatic rings. The molecule has 0 radical (unpaired) electrons. The molecule has 15 atom stereocenters. The van der Waals surface area contributed by atoms with Crippen LogP contribution in [-0.4, -0.2) is 320 Å². The number of nitrogens with zero attached hydrogens (tertiary/aromatic N) is 9. The van der Waals surface area contributed by atoms with E-state index in [1.807, 2.05) is 84.9 Å². The maximum absolute atomic E-state index is 15.4. The van der Waals surface area contributed by atoms with Crippen LogP contribution in [0.25, 0.3) is 0 Å². The predicted octanol–water partition coefficient (Wildman–Crippen LogP) is 3.88. The molecule has 1 aliphatic rings. The van der Waals surface area contributed by atoms with Crippen molar-refractivity contribution in [2.24, 2.45) is 41.4 Å². The molecule has 33 nitrogen and oxygen atoms in total. The normalized spacial score (nSPS) is 16.4. The molecule has 1 unspecified atom stereocenters. The number of benzene rings is 1. The molecule has 33 heteroatoms. The highest BCUT2D eigenvalue weighted by molar-refractivity contribution is 5.99. The van der Waals surface area contributed by atoms with Gasteiger partial charge in [-0.05, 0) is 115 Å². The van der Waals surface area contributed by atoms with E-state index in [2.05, 4.69) is 26.6 Å². The minimum absolute atomic E-state index is 0.0699. The van der Waals surface area contributed by atoms with E-state index >= 15 is 14.4 Å². The Hall–Kier alpha value is -8.82. The maximum Gasteiger partial charge on any atom is 0.410 e. The second-order valence-corrected chi connectivity index (χ2v) is 32.9. The van der Waals surface area contributed by atoms with E-state index in [0.717, 1.165) is 10.5 Å². The van der Waals surface area contributed by atoms with Gasteiger partial charge in [-0.1, -0.05) is 132 Å². The number of hydrogen-bond donors (Lipinski definition) is 6. The zero-order valence-corrected chi connectivity index (χ0v) is 74.3.